The van der Waals surface area contributed by atoms with Gasteiger partial charge in [-0.1, -0.05) is 50.2 Å². The summed E-state index contributed by atoms with van der Waals surface area (Å²) in [7, 11) is 0. The molecule has 0 aliphatic carbocycles. The molecule has 0 bridgehead atoms. The summed E-state index contributed by atoms with van der Waals surface area (Å²) in [5.74, 6) is -0.517. The zero-order valence-electron chi connectivity index (χ0n) is 12.4. The Hall–Kier alpha value is -0.0400. The minimum Gasteiger partial charge on any atom is -0.616 e. The molecule has 0 amide bonds. The van der Waals surface area contributed by atoms with Gasteiger partial charge in [0.25, 0.3) is 6.43 Å². The van der Waals surface area contributed by atoms with Crippen LogP contribution in [0, 0.1) is 0 Å². The minimum absolute atomic E-state index is 0.201. The molecule has 7 heteroatoms. The fourth-order valence-electron chi connectivity index (χ4n) is 1.91. The Kier molecular flexibility index (Phi) is 12.5. The van der Waals surface area contributed by atoms with Crippen LogP contribution < -0.4 is 0 Å². The Morgan fingerprint density at radius 1 is 0.810 bits per heavy atom. The quantitative estimate of drug-likeness (QED) is 0.270. The van der Waals surface area contributed by atoms with E-state index in [0.29, 0.717) is 6.42 Å². The molecule has 0 aromatic rings. The highest BCUT2D eigenvalue weighted by Gasteiger charge is 2.38. The molecule has 0 saturated heterocycles. The van der Waals surface area contributed by atoms with Crippen molar-refractivity contribution in [3.63, 3.8) is 0 Å². The second kappa shape index (κ2) is 12.5. The minimum atomic E-state index is -3.56. The van der Waals surface area contributed by atoms with E-state index in [0.717, 1.165) is 32.1 Å². The first-order valence-electron chi connectivity index (χ1n) is 7.45. The molecule has 0 aromatic heterocycles. The van der Waals surface area contributed by atoms with Crippen molar-refractivity contribution in [2.24, 2.45) is 0 Å². The van der Waals surface area contributed by atoms with E-state index in [2.05, 4.69) is 6.92 Å². The SMILES string of the molecule is CCCCCCCCC[S+]([O-])CC(F)C(F)C(F)C(F)F. The molecule has 0 fully saturated rings. The van der Waals surface area contributed by atoms with Crippen LogP contribution in [0.15, 0.2) is 0 Å². The van der Waals surface area contributed by atoms with Crippen molar-refractivity contribution >= 4 is 11.2 Å². The second-order valence-corrected chi connectivity index (χ2v) is 6.79. The van der Waals surface area contributed by atoms with Gasteiger partial charge in [-0.25, -0.2) is 22.0 Å². The molecule has 0 heterocycles. The maximum Gasteiger partial charge on any atom is 0.272 e. The Labute approximate surface area is 126 Å². The Bertz CT molecular complexity index is 245. The first-order valence-corrected chi connectivity index (χ1v) is 8.94. The molecule has 0 saturated carbocycles. The van der Waals surface area contributed by atoms with Crippen LogP contribution >= 0.6 is 0 Å². The molecule has 0 N–H and O–H groups in total. The summed E-state index contributed by atoms with van der Waals surface area (Å²) in [6.07, 6.45) is -5.02. The Morgan fingerprint density at radius 3 is 1.86 bits per heavy atom. The van der Waals surface area contributed by atoms with Crippen molar-refractivity contribution in [2.45, 2.75) is 76.8 Å². The second-order valence-electron chi connectivity index (χ2n) is 5.17. The maximum absolute atomic E-state index is 13.2. The molecule has 0 aliphatic heterocycles. The van der Waals surface area contributed by atoms with Gasteiger partial charge in [0.15, 0.2) is 18.5 Å². The fourth-order valence-corrected chi connectivity index (χ4v) is 3.14. The molecule has 1 nitrogen and oxygen atoms in total. The molecule has 0 aliphatic rings. The number of rotatable bonds is 13. The van der Waals surface area contributed by atoms with E-state index in [1.165, 1.54) is 6.42 Å². The molecule has 0 radical (unpaired) electrons. The van der Waals surface area contributed by atoms with E-state index in [9.17, 15) is 26.5 Å². The molecule has 0 aromatic carbocycles. The van der Waals surface area contributed by atoms with E-state index in [1.54, 1.807) is 0 Å². The summed E-state index contributed by atoms with van der Waals surface area (Å²) in [4.78, 5) is 0. The Balaban J connectivity index is 3.71. The van der Waals surface area contributed by atoms with Crippen LogP contribution in [0.5, 0.6) is 0 Å². The van der Waals surface area contributed by atoms with Crippen LogP contribution in [-0.4, -0.2) is 41.0 Å². The first-order chi connectivity index (χ1) is 9.90. The highest BCUT2D eigenvalue weighted by Crippen LogP contribution is 2.20. The van der Waals surface area contributed by atoms with Gasteiger partial charge in [0.05, 0.1) is 0 Å². The zero-order valence-corrected chi connectivity index (χ0v) is 13.2. The largest absolute Gasteiger partial charge is 0.616 e. The van der Waals surface area contributed by atoms with Crippen LogP contribution in [0.3, 0.4) is 0 Å². The fraction of sp³-hybridized carbons (Fsp3) is 1.00. The van der Waals surface area contributed by atoms with Crippen LogP contribution in [0.2, 0.25) is 0 Å². The molecule has 21 heavy (non-hydrogen) atoms. The van der Waals surface area contributed by atoms with Gasteiger partial charge in [0, 0.05) is 0 Å². The molecule has 4 unspecified atom stereocenters. The summed E-state index contributed by atoms with van der Waals surface area (Å²) < 4.78 is 74.1. The van der Waals surface area contributed by atoms with Crippen LogP contribution in [0.25, 0.3) is 0 Å². The van der Waals surface area contributed by atoms with Gasteiger partial charge in [0.1, 0.15) is 11.5 Å². The normalized spacial score (nSPS) is 17.7. The highest BCUT2D eigenvalue weighted by atomic mass is 32.2. The molecule has 4 atom stereocenters. The predicted molar refractivity (Wildman–Crippen MR) is 76.6 cm³/mol. The summed E-state index contributed by atoms with van der Waals surface area (Å²) in [6.45, 7) is 2.12. The third-order valence-electron chi connectivity index (χ3n) is 3.21. The smallest absolute Gasteiger partial charge is 0.272 e. The van der Waals surface area contributed by atoms with Gasteiger partial charge >= 0.3 is 0 Å². The number of hydrogen-bond acceptors (Lipinski definition) is 1. The number of alkyl halides is 5. The average Bonchev–Trinajstić information content (AvgIpc) is 2.44. The van der Waals surface area contributed by atoms with Crippen molar-refractivity contribution in [3.8, 4) is 0 Å². The van der Waals surface area contributed by atoms with Crippen LogP contribution in [-0.2, 0) is 11.2 Å². The van der Waals surface area contributed by atoms with E-state index in [1.807, 2.05) is 0 Å². The average molecular weight is 336 g/mol. The zero-order chi connectivity index (χ0) is 16.3. The van der Waals surface area contributed by atoms with E-state index >= 15 is 0 Å². The van der Waals surface area contributed by atoms with E-state index in [4.69, 9.17) is 0 Å². The standard InChI is InChI=1S/C14H25F5OS/c1-2-3-4-5-6-7-8-9-21(20)10-11(15)12(16)13(17)14(18)19/h11-14H,2-10H2,1H3. The lowest BCUT2D eigenvalue weighted by Crippen LogP contribution is -2.37. The van der Waals surface area contributed by atoms with Gasteiger partial charge < -0.3 is 4.55 Å². The van der Waals surface area contributed by atoms with Gasteiger partial charge in [0.2, 0.25) is 0 Å². The maximum atomic E-state index is 13.2. The third kappa shape index (κ3) is 10.3. The third-order valence-corrected chi connectivity index (χ3v) is 4.65. The van der Waals surface area contributed by atoms with E-state index in [-0.39, 0.29) is 5.75 Å². The van der Waals surface area contributed by atoms with E-state index < -0.39 is 41.9 Å². The van der Waals surface area contributed by atoms with Crippen molar-refractivity contribution in [3.05, 3.63) is 0 Å². The van der Waals surface area contributed by atoms with Gasteiger partial charge in [-0.15, -0.1) is 0 Å². The lowest BCUT2D eigenvalue weighted by Gasteiger charge is -2.18. The number of hydrogen-bond donors (Lipinski definition) is 0. The summed E-state index contributed by atoms with van der Waals surface area (Å²) in [5, 5.41) is 0. The number of halogens is 5. The Morgan fingerprint density at radius 2 is 1.33 bits per heavy atom. The first kappa shape index (κ1) is 21.0. The van der Waals surface area contributed by atoms with Gasteiger partial charge in [-0.2, -0.15) is 0 Å². The van der Waals surface area contributed by atoms with Crippen molar-refractivity contribution in [1.82, 2.24) is 0 Å². The molecular weight excluding hydrogens is 311 g/mol. The van der Waals surface area contributed by atoms with Crippen LogP contribution in [0.1, 0.15) is 51.9 Å². The topological polar surface area (TPSA) is 23.1 Å². The van der Waals surface area contributed by atoms with Crippen LogP contribution in [0.4, 0.5) is 22.0 Å². The summed E-state index contributed by atoms with van der Waals surface area (Å²) in [5.41, 5.74) is 0. The predicted octanol–water partition coefficient (Wildman–Crippen LogP) is 4.77. The monoisotopic (exact) mass is 336 g/mol. The molecule has 128 valence electrons. The summed E-state index contributed by atoms with van der Waals surface area (Å²) in [6, 6.07) is 0. The highest BCUT2D eigenvalue weighted by molar-refractivity contribution is 7.91. The molecule has 0 rings (SSSR count). The van der Waals surface area contributed by atoms with Crippen molar-refractivity contribution in [1.29, 1.82) is 0 Å². The van der Waals surface area contributed by atoms with Crippen molar-refractivity contribution < 1.29 is 26.5 Å². The lowest BCUT2D eigenvalue weighted by molar-refractivity contribution is -0.0189. The molecular formula is C14H25F5OS. The molecule has 0 spiro atoms. The number of unbranched alkanes of at least 4 members (excludes halogenated alkanes) is 6. The van der Waals surface area contributed by atoms with Gasteiger partial charge in [-0.3, -0.25) is 0 Å². The lowest BCUT2D eigenvalue weighted by atomic mass is 10.1. The van der Waals surface area contributed by atoms with Crippen molar-refractivity contribution in [2.75, 3.05) is 11.5 Å². The summed E-state index contributed by atoms with van der Waals surface area (Å²) >= 11 is -1.64. The van der Waals surface area contributed by atoms with Gasteiger partial charge in [-0.05, 0) is 12.8 Å².